The third-order valence-corrected chi connectivity index (χ3v) is 2.05. The van der Waals surface area contributed by atoms with Crippen LogP contribution in [0.1, 0.15) is 24.9 Å². The van der Waals surface area contributed by atoms with Gasteiger partial charge in [-0.15, -0.1) is 0 Å². The van der Waals surface area contributed by atoms with E-state index < -0.39 is 0 Å². The minimum absolute atomic E-state index is 0.0232. The molecule has 1 atom stereocenters. The molecule has 3 heteroatoms. The number of nitrogens with zero attached hydrogens (tertiary/aromatic N) is 1. The Morgan fingerprint density at radius 3 is 2.86 bits per heavy atom. The van der Waals surface area contributed by atoms with Crippen LogP contribution in [-0.4, -0.2) is 6.61 Å². The van der Waals surface area contributed by atoms with Gasteiger partial charge in [-0.2, -0.15) is 5.26 Å². The van der Waals surface area contributed by atoms with Crippen molar-refractivity contribution >= 4 is 0 Å². The summed E-state index contributed by atoms with van der Waals surface area (Å²) in [6.45, 7) is 2.08. The molecule has 0 unspecified atom stereocenters. The summed E-state index contributed by atoms with van der Waals surface area (Å²) in [6.07, 6.45) is 0.854. The first-order chi connectivity index (χ1) is 6.79. The fourth-order valence-corrected chi connectivity index (χ4v) is 1.25. The van der Waals surface area contributed by atoms with E-state index in [2.05, 4.69) is 0 Å². The van der Waals surface area contributed by atoms with E-state index in [0.717, 1.165) is 12.0 Å². The van der Waals surface area contributed by atoms with Gasteiger partial charge in [0, 0.05) is 11.6 Å². The SMILES string of the molecule is CC[C@@H](N)c1ccccc1OCC#N. The number of nitriles is 1. The van der Waals surface area contributed by atoms with Gasteiger partial charge in [0.15, 0.2) is 6.61 Å². The molecule has 0 aliphatic rings. The Labute approximate surface area is 84.1 Å². The molecular formula is C11H14N2O. The summed E-state index contributed by atoms with van der Waals surface area (Å²) < 4.78 is 5.27. The Hall–Kier alpha value is -1.53. The second-order valence-electron chi connectivity index (χ2n) is 3.00. The highest BCUT2D eigenvalue weighted by Crippen LogP contribution is 2.24. The minimum Gasteiger partial charge on any atom is -0.478 e. The summed E-state index contributed by atoms with van der Waals surface area (Å²) >= 11 is 0. The van der Waals surface area contributed by atoms with Gasteiger partial charge in [-0.3, -0.25) is 0 Å². The van der Waals surface area contributed by atoms with Crippen molar-refractivity contribution < 1.29 is 4.74 Å². The Balaban J connectivity index is 2.86. The summed E-state index contributed by atoms with van der Waals surface area (Å²) in [5.41, 5.74) is 6.87. The number of hydrogen-bond acceptors (Lipinski definition) is 3. The zero-order chi connectivity index (χ0) is 10.4. The van der Waals surface area contributed by atoms with Crippen molar-refractivity contribution in [2.24, 2.45) is 5.73 Å². The monoisotopic (exact) mass is 190 g/mol. The van der Waals surface area contributed by atoms with E-state index in [4.69, 9.17) is 15.7 Å². The van der Waals surface area contributed by atoms with Gasteiger partial charge in [-0.25, -0.2) is 0 Å². The molecule has 0 saturated carbocycles. The molecule has 0 radical (unpaired) electrons. The molecule has 3 nitrogen and oxygen atoms in total. The van der Waals surface area contributed by atoms with Crippen molar-refractivity contribution in [2.75, 3.05) is 6.61 Å². The molecular weight excluding hydrogens is 176 g/mol. The number of ether oxygens (including phenoxy) is 1. The van der Waals surface area contributed by atoms with Crippen molar-refractivity contribution in [3.8, 4) is 11.8 Å². The van der Waals surface area contributed by atoms with Crippen LogP contribution in [0.25, 0.3) is 0 Å². The lowest BCUT2D eigenvalue weighted by Crippen LogP contribution is -2.10. The van der Waals surface area contributed by atoms with Crippen LogP contribution in [-0.2, 0) is 0 Å². The molecule has 0 bridgehead atoms. The normalized spacial score (nSPS) is 11.8. The highest BCUT2D eigenvalue weighted by molar-refractivity contribution is 5.35. The smallest absolute Gasteiger partial charge is 0.174 e. The van der Waals surface area contributed by atoms with Crippen molar-refractivity contribution in [1.82, 2.24) is 0 Å². The molecule has 0 aliphatic heterocycles. The predicted octanol–water partition coefficient (Wildman–Crippen LogP) is 2.00. The van der Waals surface area contributed by atoms with Gasteiger partial charge in [0.25, 0.3) is 0 Å². The zero-order valence-electron chi connectivity index (χ0n) is 8.23. The van der Waals surface area contributed by atoms with Crippen LogP contribution in [0.5, 0.6) is 5.75 Å². The third-order valence-electron chi connectivity index (χ3n) is 2.05. The molecule has 0 heterocycles. The fourth-order valence-electron chi connectivity index (χ4n) is 1.25. The molecule has 1 rings (SSSR count). The van der Waals surface area contributed by atoms with E-state index in [9.17, 15) is 0 Å². The maximum Gasteiger partial charge on any atom is 0.174 e. The number of nitrogens with two attached hydrogens (primary N) is 1. The first kappa shape index (κ1) is 10.6. The standard InChI is InChI=1S/C11H14N2O/c1-2-10(13)9-5-3-4-6-11(9)14-8-7-12/h3-6,10H,2,8,13H2,1H3/t10-/m1/s1. The van der Waals surface area contributed by atoms with Crippen molar-refractivity contribution in [1.29, 1.82) is 5.26 Å². The molecule has 0 fully saturated rings. The Kier molecular flexibility index (Phi) is 3.96. The molecule has 0 aromatic heterocycles. The quantitative estimate of drug-likeness (QED) is 0.789. The topological polar surface area (TPSA) is 59.0 Å². The van der Waals surface area contributed by atoms with Gasteiger partial charge >= 0.3 is 0 Å². The van der Waals surface area contributed by atoms with E-state index in [1.54, 1.807) is 0 Å². The van der Waals surface area contributed by atoms with Crippen LogP contribution >= 0.6 is 0 Å². The van der Waals surface area contributed by atoms with Crippen molar-refractivity contribution in [3.05, 3.63) is 29.8 Å². The lowest BCUT2D eigenvalue weighted by molar-refractivity contribution is 0.360. The van der Waals surface area contributed by atoms with E-state index >= 15 is 0 Å². The maximum absolute atomic E-state index is 8.41. The Bertz CT molecular complexity index is 330. The van der Waals surface area contributed by atoms with Gasteiger partial charge in [-0.05, 0) is 12.5 Å². The largest absolute Gasteiger partial charge is 0.478 e. The fraction of sp³-hybridized carbons (Fsp3) is 0.364. The molecule has 1 aromatic carbocycles. The number of para-hydroxylation sites is 1. The van der Waals surface area contributed by atoms with Gasteiger partial charge in [0.2, 0.25) is 0 Å². The van der Waals surface area contributed by atoms with Gasteiger partial charge in [0.1, 0.15) is 11.8 Å². The molecule has 0 saturated heterocycles. The third kappa shape index (κ3) is 2.48. The zero-order valence-corrected chi connectivity index (χ0v) is 8.23. The Morgan fingerprint density at radius 2 is 2.21 bits per heavy atom. The summed E-state index contributed by atoms with van der Waals surface area (Å²) in [4.78, 5) is 0. The van der Waals surface area contributed by atoms with Crippen LogP contribution in [0.2, 0.25) is 0 Å². The summed E-state index contributed by atoms with van der Waals surface area (Å²) in [5, 5.41) is 8.41. The Morgan fingerprint density at radius 1 is 1.50 bits per heavy atom. The average Bonchev–Trinajstić information content (AvgIpc) is 2.25. The first-order valence-electron chi connectivity index (χ1n) is 4.63. The van der Waals surface area contributed by atoms with Gasteiger partial charge in [0.05, 0.1) is 0 Å². The van der Waals surface area contributed by atoms with Crippen LogP contribution in [0, 0.1) is 11.3 Å². The van der Waals surface area contributed by atoms with E-state index in [0.29, 0.717) is 5.75 Å². The molecule has 2 N–H and O–H groups in total. The molecule has 0 aliphatic carbocycles. The van der Waals surface area contributed by atoms with Crippen molar-refractivity contribution in [3.63, 3.8) is 0 Å². The van der Waals surface area contributed by atoms with Gasteiger partial charge in [-0.1, -0.05) is 25.1 Å². The molecule has 0 spiro atoms. The summed E-state index contributed by atoms with van der Waals surface area (Å²) in [5.74, 6) is 0.711. The van der Waals surface area contributed by atoms with Crippen LogP contribution < -0.4 is 10.5 Å². The molecule has 74 valence electrons. The number of benzene rings is 1. The number of rotatable bonds is 4. The van der Waals surface area contributed by atoms with E-state index in [-0.39, 0.29) is 12.6 Å². The lowest BCUT2D eigenvalue weighted by Gasteiger charge is -2.13. The van der Waals surface area contributed by atoms with Crippen LogP contribution in [0.3, 0.4) is 0 Å². The first-order valence-corrected chi connectivity index (χ1v) is 4.63. The summed E-state index contributed by atoms with van der Waals surface area (Å²) in [6, 6.07) is 9.48. The molecule has 14 heavy (non-hydrogen) atoms. The second kappa shape index (κ2) is 5.25. The average molecular weight is 190 g/mol. The highest BCUT2D eigenvalue weighted by atomic mass is 16.5. The van der Waals surface area contributed by atoms with Crippen molar-refractivity contribution in [2.45, 2.75) is 19.4 Å². The lowest BCUT2D eigenvalue weighted by atomic mass is 10.0. The molecule has 0 amide bonds. The highest BCUT2D eigenvalue weighted by Gasteiger charge is 2.08. The van der Waals surface area contributed by atoms with Crippen LogP contribution in [0.4, 0.5) is 0 Å². The summed E-state index contributed by atoms with van der Waals surface area (Å²) in [7, 11) is 0. The van der Waals surface area contributed by atoms with Crippen LogP contribution in [0.15, 0.2) is 24.3 Å². The maximum atomic E-state index is 8.41. The van der Waals surface area contributed by atoms with E-state index in [1.807, 2.05) is 37.3 Å². The molecule has 1 aromatic rings. The predicted molar refractivity (Wildman–Crippen MR) is 54.8 cm³/mol. The minimum atomic E-state index is -0.0232. The van der Waals surface area contributed by atoms with Gasteiger partial charge < -0.3 is 10.5 Å². The second-order valence-corrected chi connectivity index (χ2v) is 3.00. The van der Waals surface area contributed by atoms with E-state index in [1.165, 1.54) is 0 Å². The number of hydrogen-bond donors (Lipinski definition) is 1.